The van der Waals surface area contributed by atoms with Gasteiger partial charge < -0.3 is 14.9 Å². The first-order valence-electron chi connectivity index (χ1n) is 6.02. The second-order valence-corrected chi connectivity index (χ2v) is 6.60. The summed E-state index contributed by atoms with van der Waals surface area (Å²) in [5.41, 5.74) is 0.313. The fraction of sp³-hybridized carbons (Fsp3) is 0.385. The molecule has 5 nitrogen and oxygen atoms in total. The van der Waals surface area contributed by atoms with Crippen molar-refractivity contribution in [2.45, 2.75) is 0 Å². The van der Waals surface area contributed by atoms with Crippen molar-refractivity contribution >= 4 is 57.7 Å². The Hall–Kier alpha value is -0.570. The van der Waals surface area contributed by atoms with Crippen molar-refractivity contribution in [3.8, 4) is 0 Å². The molecule has 8 heteroatoms. The minimum atomic E-state index is -1.06. The van der Waals surface area contributed by atoms with Crippen LogP contribution in [-0.4, -0.2) is 60.5 Å². The molecule has 21 heavy (non-hydrogen) atoms. The molecule has 116 valence electrons. The number of aliphatic carboxylic acids is 1. The summed E-state index contributed by atoms with van der Waals surface area (Å²) in [7, 11) is 3.70. The van der Waals surface area contributed by atoms with Crippen molar-refractivity contribution < 1.29 is 14.7 Å². The molecule has 1 rings (SSSR count). The van der Waals surface area contributed by atoms with E-state index in [9.17, 15) is 9.59 Å². The molecule has 0 fully saturated rings. The Labute approximate surface area is 146 Å². The highest BCUT2D eigenvalue weighted by Gasteiger charge is 2.22. The predicted octanol–water partition coefficient (Wildman–Crippen LogP) is 2.69. The number of halogens is 3. The number of hydrogen-bond donors (Lipinski definition) is 1. The fourth-order valence-corrected chi connectivity index (χ4v) is 2.65. The van der Waals surface area contributed by atoms with E-state index in [-0.39, 0.29) is 6.54 Å². The Kier molecular flexibility index (Phi) is 7.19. The molecule has 0 aliphatic carbocycles. The van der Waals surface area contributed by atoms with Gasteiger partial charge in [-0.25, -0.2) is 0 Å². The maximum atomic E-state index is 12.5. The minimum Gasteiger partial charge on any atom is -0.480 e. The van der Waals surface area contributed by atoms with Crippen LogP contribution in [0.5, 0.6) is 0 Å². The highest BCUT2D eigenvalue weighted by Crippen LogP contribution is 2.27. The van der Waals surface area contributed by atoms with Crippen molar-refractivity contribution in [3.05, 3.63) is 31.3 Å². The molecular weight excluding hydrogens is 430 g/mol. The first kappa shape index (κ1) is 18.5. The SMILES string of the molecule is CN(C)CCN(CC(=O)O)C(=O)c1cc(Cl)cc(Cl)c1I. The van der Waals surface area contributed by atoms with Gasteiger partial charge in [0.1, 0.15) is 6.54 Å². The van der Waals surface area contributed by atoms with E-state index in [4.69, 9.17) is 28.3 Å². The third kappa shape index (κ3) is 5.61. The van der Waals surface area contributed by atoms with Gasteiger partial charge in [-0.15, -0.1) is 0 Å². The Morgan fingerprint density at radius 3 is 2.38 bits per heavy atom. The summed E-state index contributed by atoms with van der Waals surface area (Å²) >= 11 is 13.9. The Bertz CT molecular complexity index is 552. The Morgan fingerprint density at radius 1 is 1.24 bits per heavy atom. The van der Waals surface area contributed by atoms with E-state index in [0.717, 1.165) is 0 Å². The highest BCUT2D eigenvalue weighted by molar-refractivity contribution is 14.1. The Balaban J connectivity index is 3.07. The van der Waals surface area contributed by atoms with E-state index in [1.165, 1.54) is 11.0 Å². The van der Waals surface area contributed by atoms with E-state index in [1.807, 2.05) is 41.6 Å². The van der Waals surface area contributed by atoms with E-state index in [2.05, 4.69) is 0 Å². The summed E-state index contributed by atoms with van der Waals surface area (Å²) in [4.78, 5) is 26.6. The second-order valence-electron chi connectivity index (χ2n) is 4.67. The number of carbonyl (C=O) groups excluding carboxylic acids is 1. The number of rotatable bonds is 6. The molecule has 0 bridgehead atoms. The smallest absolute Gasteiger partial charge is 0.323 e. The number of carbonyl (C=O) groups is 2. The number of amides is 1. The fourth-order valence-electron chi connectivity index (χ4n) is 1.62. The summed E-state index contributed by atoms with van der Waals surface area (Å²) in [5, 5.41) is 9.67. The first-order valence-corrected chi connectivity index (χ1v) is 7.86. The molecule has 0 aromatic heterocycles. The van der Waals surface area contributed by atoms with Gasteiger partial charge in [-0.1, -0.05) is 23.2 Å². The van der Waals surface area contributed by atoms with Crippen LogP contribution in [0.1, 0.15) is 10.4 Å². The summed E-state index contributed by atoms with van der Waals surface area (Å²) in [5.74, 6) is -1.46. The highest BCUT2D eigenvalue weighted by atomic mass is 127. The van der Waals surface area contributed by atoms with Gasteiger partial charge in [0.25, 0.3) is 5.91 Å². The lowest BCUT2D eigenvalue weighted by atomic mass is 10.2. The van der Waals surface area contributed by atoms with Gasteiger partial charge in [-0.05, 0) is 48.8 Å². The minimum absolute atomic E-state index is 0.304. The van der Waals surface area contributed by atoms with Crippen LogP contribution in [0.2, 0.25) is 10.0 Å². The number of hydrogen-bond acceptors (Lipinski definition) is 3. The second kappa shape index (κ2) is 8.17. The van der Waals surface area contributed by atoms with Crippen LogP contribution in [0.4, 0.5) is 0 Å². The maximum absolute atomic E-state index is 12.5. The van der Waals surface area contributed by atoms with Crippen molar-refractivity contribution in [2.24, 2.45) is 0 Å². The lowest BCUT2D eigenvalue weighted by Crippen LogP contribution is -2.40. The largest absolute Gasteiger partial charge is 0.480 e. The standard InChI is InChI=1S/C13H15Cl2IN2O3/c1-17(2)3-4-18(7-11(19)20)13(21)9-5-8(14)6-10(15)12(9)16/h5-6H,3-4,7H2,1-2H3,(H,19,20). The average molecular weight is 445 g/mol. The zero-order valence-electron chi connectivity index (χ0n) is 11.6. The number of benzene rings is 1. The van der Waals surface area contributed by atoms with Gasteiger partial charge in [0, 0.05) is 21.7 Å². The molecule has 1 aromatic rings. The summed E-state index contributed by atoms with van der Waals surface area (Å²) in [6, 6.07) is 3.05. The topological polar surface area (TPSA) is 60.9 Å². The number of nitrogens with zero attached hydrogens (tertiary/aromatic N) is 2. The third-order valence-corrected chi connectivity index (χ3v) is 4.65. The van der Waals surface area contributed by atoms with Gasteiger partial charge in [0.15, 0.2) is 0 Å². The van der Waals surface area contributed by atoms with Gasteiger partial charge >= 0.3 is 5.97 Å². The molecule has 0 saturated carbocycles. The van der Waals surface area contributed by atoms with Crippen molar-refractivity contribution in [3.63, 3.8) is 0 Å². The Morgan fingerprint density at radius 2 is 1.86 bits per heavy atom. The molecule has 0 unspecified atom stereocenters. The molecule has 1 aromatic carbocycles. The molecule has 0 aliphatic rings. The first-order chi connectivity index (χ1) is 9.72. The molecule has 0 saturated heterocycles. The maximum Gasteiger partial charge on any atom is 0.323 e. The normalized spacial score (nSPS) is 10.8. The molecular formula is C13H15Cl2IN2O3. The monoisotopic (exact) mass is 444 g/mol. The average Bonchev–Trinajstić information content (AvgIpc) is 2.37. The molecule has 1 N–H and O–H groups in total. The zero-order valence-corrected chi connectivity index (χ0v) is 15.2. The molecule has 1 amide bonds. The van der Waals surface area contributed by atoms with Crippen molar-refractivity contribution in [1.82, 2.24) is 9.80 Å². The number of carboxylic acids is 1. The summed E-state index contributed by atoms with van der Waals surface area (Å²) in [6.07, 6.45) is 0. The molecule has 0 spiro atoms. The third-order valence-electron chi connectivity index (χ3n) is 2.65. The van der Waals surface area contributed by atoms with Crippen LogP contribution in [0.25, 0.3) is 0 Å². The van der Waals surface area contributed by atoms with E-state index in [0.29, 0.717) is 32.3 Å². The van der Waals surface area contributed by atoms with Gasteiger partial charge in [-0.2, -0.15) is 0 Å². The van der Waals surface area contributed by atoms with Crippen molar-refractivity contribution in [1.29, 1.82) is 0 Å². The van der Waals surface area contributed by atoms with Crippen LogP contribution in [0, 0.1) is 3.57 Å². The van der Waals surface area contributed by atoms with Crippen molar-refractivity contribution in [2.75, 3.05) is 33.7 Å². The molecule has 0 radical (unpaired) electrons. The van der Waals surface area contributed by atoms with Crippen LogP contribution in [-0.2, 0) is 4.79 Å². The summed E-state index contributed by atoms with van der Waals surface area (Å²) in [6.45, 7) is 0.495. The number of likely N-dealkylation sites (N-methyl/N-ethyl adjacent to an activating group) is 1. The lowest BCUT2D eigenvalue weighted by molar-refractivity contribution is -0.137. The number of carboxylic acid groups (broad SMARTS) is 1. The quantitative estimate of drug-likeness (QED) is 0.541. The predicted molar refractivity (Wildman–Crippen MR) is 91.3 cm³/mol. The van der Waals surface area contributed by atoms with E-state index >= 15 is 0 Å². The molecule has 0 atom stereocenters. The van der Waals surface area contributed by atoms with E-state index in [1.54, 1.807) is 6.07 Å². The van der Waals surface area contributed by atoms with Crippen LogP contribution in [0.15, 0.2) is 12.1 Å². The van der Waals surface area contributed by atoms with Crippen LogP contribution < -0.4 is 0 Å². The molecule has 0 heterocycles. The van der Waals surface area contributed by atoms with Gasteiger partial charge in [0.05, 0.1) is 10.6 Å². The summed E-state index contributed by atoms with van der Waals surface area (Å²) < 4.78 is 0.559. The van der Waals surface area contributed by atoms with Crippen LogP contribution >= 0.6 is 45.8 Å². The van der Waals surface area contributed by atoms with E-state index < -0.39 is 11.9 Å². The lowest BCUT2D eigenvalue weighted by Gasteiger charge is -2.23. The van der Waals surface area contributed by atoms with Crippen LogP contribution in [0.3, 0.4) is 0 Å². The van der Waals surface area contributed by atoms with Gasteiger partial charge in [-0.3, -0.25) is 9.59 Å². The zero-order chi connectivity index (χ0) is 16.2. The molecule has 0 aliphatic heterocycles. The van der Waals surface area contributed by atoms with Gasteiger partial charge in [0.2, 0.25) is 0 Å².